The van der Waals surface area contributed by atoms with Gasteiger partial charge in [-0.1, -0.05) is 0 Å². The Morgan fingerprint density at radius 3 is 2.64 bits per heavy atom. The molecule has 6 nitrogen and oxygen atoms in total. The molecule has 0 bridgehead atoms. The molecule has 1 aromatic heterocycles. The lowest BCUT2D eigenvalue weighted by Crippen LogP contribution is -2.19. The number of methoxy groups -OCH3 is 1. The molecule has 154 valence electrons. The summed E-state index contributed by atoms with van der Waals surface area (Å²) < 4.78 is 17.2. The van der Waals surface area contributed by atoms with Gasteiger partial charge in [0.1, 0.15) is 6.61 Å². The molecule has 0 atom stereocenters. The van der Waals surface area contributed by atoms with Crippen molar-refractivity contribution in [2.45, 2.75) is 39.2 Å². The lowest BCUT2D eigenvalue weighted by atomic mass is 10.1. The van der Waals surface area contributed by atoms with Crippen LogP contribution < -0.4 is 14.8 Å². The van der Waals surface area contributed by atoms with Gasteiger partial charge in [0.25, 0.3) is 0 Å². The Labute approximate surface area is 168 Å². The second kappa shape index (κ2) is 9.43. The van der Waals surface area contributed by atoms with Crippen LogP contribution >= 0.6 is 0 Å². The van der Waals surface area contributed by atoms with E-state index in [9.17, 15) is 0 Å². The van der Waals surface area contributed by atoms with Crippen LogP contribution in [0.15, 0.2) is 12.1 Å². The smallest absolute Gasteiger partial charge is 0.163 e. The minimum Gasteiger partial charge on any atom is -0.493 e. The van der Waals surface area contributed by atoms with E-state index in [1.54, 1.807) is 7.11 Å². The van der Waals surface area contributed by atoms with Crippen molar-refractivity contribution in [1.82, 2.24) is 9.88 Å². The van der Waals surface area contributed by atoms with Crippen molar-refractivity contribution in [3.63, 3.8) is 0 Å². The summed E-state index contributed by atoms with van der Waals surface area (Å²) in [6, 6.07) is 4.41. The highest BCUT2D eigenvalue weighted by molar-refractivity contribution is 5.96. The van der Waals surface area contributed by atoms with E-state index in [1.807, 2.05) is 26.2 Å². The molecular weight excluding hydrogens is 354 g/mol. The Hall–Kier alpha value is -2.05. The van der Waals surface area contributed by atoms with Crippen molar-refractivity contribution in [2.24, 2.45) is 0 Å². The Balaban J connectivity index is 1.81. The lowest BCUT2D eigenvalue weighted by molar-refractivity contribution is 0.0881. The van der Waals surface area contributed by atoms with Gasteiger partial charge in [0.15, 0.2) is 11.5 Å². The molecule has 0 radical (unpaired) electrons. The fourth-order valence-corrected chi connectivity index (χ4v) is 3.56. The Kier molecular flexibility index (Phi) is 6.97. The molecule has 1 aliphatic rings. The van der Waals surface area contributed by atoms with Gasteiger partial charge < -0.3 is 24.4 Å². The fraction of sp³-hybridized carbons (Fsp3) is 0.591. The minimum absolute atomic E-state index is 0.358. The number of nitrogens with one attached hydrogen (secondary N) is 1. The topological polar surface area (TPSA) is 55.9 Å². The van der Waals surface area contributed by atoms with Crippen molar-refractivity contribution in [2.75, 3.05) is 52.9 Å². The summed E-state index contributed by atoms with van der Waals surface area (Å²) in [5.41, 5.74) is 4.71. The van der Waals surface area contributed by atoms with E-state index >= 15 is 0 Å². The number of likely N-dealkylation sites (N-methyl/N-ethyl adjacent to an activating group) is 1. The molecular formula is C22H33N3O3. The van der Waals surface area contributed by atoms with Crippen LogP contribution in [0.5, 0.6) is 11.5 Å². The van der Waals surface area contributed by atoms with Gasteiger partial charge >= 0.3 is 0 Å². The molecule has 1 aliphatic carbocycles. The molecule has 1 N–H and O–H groups in total. The summed E-state index contributed by atoms with van der Waals surface area (Å²) in [5.74, 6) is 1.44. The molecule has 0 saturated heterocycles. The largest absolute Gasteiger partial charge is 0.493 e. The SMILES string of the molecule is COc1cc2c(NC(C)C)c3c(nc2cc1OCCOCCN(C)C)CCC3. The number of aromatic nitrogens is 1. The number of ether oxygens (including phenoxy) is 3. The van der Waals surface area contributed by atoms with Crippen LogP contribution in [0, 0.1) is 0 Å². The van der Waals surface area contributed by atoms with E-state index in [2.05, 4.69) is 24.1 Å². The number of benzene rings is 1. The summed E-state index contributed by atoms with van der Waals surface area (Å²) >= 11 is 0. The van der Waals surface area contributed by atoms with Crippen molar-refractivity contribution in [3.05, 3.63) is 23.4 Å². The maximum atomic E-state index is 5.96. The summed E-state index contributed by atoms with van der Waals surface area (Å²) in [7, 11) is 5.75. The molecule has 28 heavy (non-hydrogen) atoms. The second-order valence-electron chi connectivity index (χ2n) is 7.85. The zero-order valence-electron chi connectivity index (χ0n) is 17.8. The van der Waals surface area contributed by atoms with Crippen LogP contribution in [0.1, 0.15) is 31.5 Å². The van der Waals surface area contributed by atoms with Crippen LogP contribution in [0.3, 0.4) is 0 Å². The van der Waals surface area contributed by atoms with Crippen molar-refractivity contribution < 1.29 is 14.2 Å². The first kappa shape index (κ1) is 20.7. The predicted molar refractivity (Wildman–Crippen MR) is 114 cm³/mol. The number of pyridine rings is 1. The Bertz CT molecular complexity index is 805. The summed E-state index contributed by atoms with van der Waals surface area (Å²) in [4.78, 5) is 7.02. The van der Waals surface area contributed by atoms with Crippen LogP contribution in [-0.2, 0) is 17.6 Å². The van der Waals surface area contributed by atoms with Crippen LogP contribution in [0.4, 0.5) is 5.69 Å². The van der Waals surface area contributed by atoms with E-state index in [0.29, 0.717) is 31.6 Å². The Morgan fingerprint density at radius 2 is 1.93 bits per heavy atom. The average molecular weight is 388 g/mol. The first-order valence-corrected chi connectivity index (χ1v) is 10.1. The van der Waals surface area contributed by atoms with E-state index in [4.69, 9.17) is 19.2 Å². The second-order valence-corrected chi connectivity index (χ2v) is 7.85. The van der Waals surface area contributed by atoms with Gasteiger partial charge in [-0.05, 0) is 58.8 Å². The third kappa shape index (κ3) is 4.86. The molecule has 0 amide bonds. The maximum absolute atomic E-state index is 5.96. The predicted octanol–water partition coefficient (Wildman–Crippen LogP) is 3.51. The molecule has 6 heteroatoms. The van der Waals surface area contributed by atoms with Gasteiger partial charge in [0, 0.05) is 35.4 Å². The molecule has 0 unspecified atom stereocenters. The first-order chi connectivity index (χ1) is 13.5. The standard InChI is InChI=1S/C22H33N3O3/c1-15(2)23-22-16-7-6-8-18(16)24-19-14-21(20(26-5)13-17(19)22)28-12-11-27-10-9-25(3)4/h13-15H,6-12H2,1-5H3,(H,23,24). The normalized spacial score (nSPS) is 13.4. The third-order valence-electron chi connectivity index (χ3n) is 4.90. The number of anilines is 1. The zero-order valence-corrected chi connectivity index (χ0v) is 17.8. The zero-order chi connectivity index (χ0) is 20.1. The monoisotopic (exact) mass is 387 g/mol. The van der Waals surface area contributed by atoms with Crippen molar-refractivity contribution in [3.8, 4) is 11.5 Å². The molecule has 1 heterocycles. The summed E-state index contributed by atoms with van der Waals surface area (Å²) in [5, 5.41) is 4.73. The summed E-state index contributed by atoms with van der Waals surface area (Å²) in [6.07, 6.45) is 3.29. The van der Waals surface area contributed by atoms with Gasteiger partial charge in [-0.3, -0.25) is 4.98 Å². The van der Waals surface area contributed by atoms with E-state index in [-0.39, 0.29) is 0 Å². The van der Waals surface area contributed by atoms with Crippen LogP contribution in [0.25, 0.3) is 10.9 Å². The molecule has 0 fully saturated rings. The van der Waals surface area contributed by atoms with Crippen molar-refractivity contribution in [1.29, 1.82) is 0 Å². The molecule has 1 aromatic carbocycles. The van der Waals surface area contributed by atoms with Gasteiger partial charge in [-0.15, -0.1) is 0 Å². The average Bonchev–Trinajstić information content (AvgIpc) is 3.11. The van der Waals surface area contributed by atoms with Gasteiger partial charge in [0.05, 0.1) is 25.8 Å². The lowest BCUT2D eigenvalue weighted by Gasteiger charge is -2.19. The quantitative estimate of drug-likeness (QED) is 0.630. The molecule has 0 saturated carbocycles. The summed E-state index contributed by atoms with van der Waals surface area (Å²) in [6.45, 7) is 6.96. The number of fused-ring (bicyclic) bond motifs is 2. The van der Waals surface area contributed by atoms with Gasteiger partial charge in [0.2, 0.25) is 0 Å². The van der Waals surface area contributed by atoms with Crippen molar-refractivity contribution >= 4 is 16.6 Å². The van der Waals surface area contributed by atoms with Crippen LogP contribution in [-0.4, -0.2) is 63.5 Å². The minimum atomic E-state index is 0.358. The molecule has 0 spiro atoms. The fourth-order valence-electron chi connectivity index (χ4n) is 3.56. The molecule has 0 aliphatic heterocycles. The van der Waals surface area contributed by atoms with Crippen LogP contribution in [0.2, 0.25) is 0 Å². The number of nitrogens with zero attached hydrogens (tertiary/aromatic N) is 2. The van der Waals surface area contributed by atoms with Gasteiger partial charge in [-0.25, -0.2) is 0 Å². The number of rotatable bonds is 10. The molecule has 3 rings (SSSR count). The highest BCUT2D eigenvalue weighted by Gasteiger charge is 2.21. The maximum Gasteiger partial charge on any atom is 0.163 e. The van der Waals surface area contributed by atoms with E-state index < -0.39 is 0 Å². The highest BCUT2D eigenvalue weighted by atomic mass is 16.5. The number of hydrogen-bond acceptors (Lipinski definition) is 6. The highest BCUT2D eigenvalue weighted by Crippen LogP contribution is 2.39. The van der Waals surface area contributed by atoms with E-state index in [1.165, 1.54) is 16.9 Å². The number of aryl methyl sites for hydroxylation is 1. The Morgan fingerprint density at radius 1 is 1.11 bits per heavy atom. The van der Waals surface area contributed by atoms with E-state index in [0.717, 1.165) is 42.5 Å². The van der Waals surface area contributed by atoms with Gasteiger partial charge in [-0.2, -0.15) is 0 Å². The third-order valence-corrected chi connectivity index (χ3v) is 4.90. The first-order valence-electron chi connectivity index (χ1n) is 10.1. The number of hydrogen-bond donors (Lipinski definition) is 1. The molecule has 2 aromatic rings.